The van der Waals surface area contributed by atoms with Gasteiger partial charge in [0.25, 0.3) is 0 Å². The predicted octanol–water partition coefficient (Wildman–Crippen LogP) is 1.45. The zero-order valence-corrected chi connectivity index (χ0v) is 8.01. The number of phenolic OH excluding ortho intramolecular Hbond substituents is 1. The summed E-state index contributed by atoms with van der Waals surface area (Å²) in [5, 5.41) is 11.2. The molecule has 0 atom stereocenters. The fraction of sp³-hybridized carbons (Fsp3) is 0. The maximum atomic E-state index is 9.62. The number of hydrogen-bond donors (Lipinski definition) is 3. The van der Waals surface area contributed by atoms with Gasteiger partial charge < -0.3 is 16.6 Å². The molecular formula is C11H11N3O. The van der Waals surface area contributed by atoms with Crippen LogP contribution in [0.4, 0.5) is 5.69 Å². The van der Waals surface area contributed by atoms with Crippen LogP contribution in [0.5, 0.6) is 5.75 Å². The third-order valence-electron chi connectivity index (χ3n) is 2.13. The lowest BCUT2D eigenvalue weighted by molar-refractivity contribution is 0.481. The van der Waals surface area contributed by atoms with Gasteiger partial charge in [0.05, 0.1) is 5.69 Å². The van der Waals surface area contributed by atoms with Crippen molar-refractivity contribution in [2.75, 3.05) is 0 Å². The van der Waals surface area contributed by atoms with Crippen molar-refractivity contribution in [3.05, 3.63) is 36.4 Å². The molecule has 4 heteroatoms. The van der Waals surface area contributed by atoms with Gasteiger partial charge in [-0.1, -0.05) is 24.3 Å². The van der Waals surface area contributed by atoms with Gasteiger partial charge >= 0.3 is 0 Å². The second-order valence-electron chi connectivity index (χ2n) is 3.19. The highest BCUT2D eigenvalue weighted by Gasteiger charge is 2.03. The number of rotatable bonds is 1. The number of phenols is 1. The molecule has 0 amide bonds. The van der Waals surface area contributed by atoms with Gasteiger partial charge in [0.15, 0.2) is 5.96 Å². The minimum Gasteiger partial charge on any atom is -0.507 e. The molecule has 0 unspecified atom stereocenters. The Bertz CT molecular complexity index is 530. The Morgan fingerprint density at radius 1 is 1.00 bits per heavy atom. The SMILES string of the molecule is NC(N)=Nc1ccc(O)c2ccccc12. The monoisotopic (exact) mass is 201 g/mol. The van der Waals surface area contributed by atoms with Gasteiger partial charge in [0.1, 0.15) is 5.75 Å². The summed E-state index contributed by atoms with van der Waals surface area (Å²) in [5.41, 5.74) is 11.3. The fourth-order valence-corrected chi connectivity index (χ4v) is 1.50. The van der Waals surface area contributed by atoms with Crippen molar-refractivity contribution in [2.45, 2.75) is 0 Å². The van der Waals surface area contributed by atoms with E-state index < -0.39 is 0 Å². The molecule has 0 saturated heterocycles. The van der Waals surface area contributed by atoms with Crippen LogP contribution >= 0.6 is 0 Å². The summed E-state index contributed by atoms with van der Waals surface area (Å²) in [7, 11) is 0. The summed E-state index contributed by atoms with van der Waals surface area (Å²) in [4.78, 5) is 3.99. The van der Waals surface area contributed by atoms with Crippen LogP contribution < -0.4 is 11.5 Å². The quantitative estimate of drug-likeness (QED) is 0.482. The van der Waals surface area contributed by atoms with Gasteiger partial charge in [-0.3, -0.25) is 0 Å². The minimum atomic E-state index is 0.00541. The summed E-state index contributed by atoms with van der Waals surface area (Å²) < 4.78 is 0. The smallest absolute Gasteiger partial charge is 0.191 e. The van der Waals surface area contributed by atoms with E-state index in [0.717, 1.165) is 10.8 Å². The van der Waals surface area contributed by atoms with Crippen molar-refractivity contribution >= 4 is 22.4 Å². The van der Waals surface area contributed by atoms with Crippen LogP contribution in [0.25, 0.3) is 10.8 Å². The van der Waals surface area contributed by atoms with Gasteiger partial charge in [-0.05, 0) is 12.1 Å². The molecule has 0 fully saturated rings. The lowest BCUT2D eigenvalue weighted by atomic mass is 10.1. The Kier molecular flexibility index (Phi) is 2.17. The Labute approximate surface area is 86.8 Å². The van der Waals surface area contributed by atoms with Gasteiger partial charge in [0, 0.05) is 10.8 Å². The number of aliphatic imine (C=N–C) groups is 1. The molecule has 2 aromatic rings. The van der Waals surface area contributed by atoms with E-state index in [1.165, 1.54) is 0 Å². The van der Waals surface area contributed by atoms with Crippen molar-refractivity contribution in [3.8, 4) is 5.75 Å². The molecule has 0 aromatic heterocycles. The minimum absolute atomic E-state index is 0.00541. The third kappa shape index (κ3) is 1.69. The standard InChI is InChI=1S/C11H11N3O/c12-11(13)14-9-5-6-10(15)8-4-2-1-3-7(8)9/h1-6,15H,(H4,12,13,14). The number of benzene rings is 2. The highest BCUT2D eigenvalue weighted by Crippen LogP contribution is 2.31. The first kappa shape index (κ1) is 9.33. The first-order valence-electron chi connectivity index (χ1n) is 4.49. The number of nitrogens with two attached hydrogens (primary N) is 2. The summed E-state index contributed by atoms with van der Waals surface area (Å²) in [6, 6.07) is 10.6. The number of fused-ring (bicyclic) bond motifs is 1. The Hall–Kier alpha value is -2.23. The zero-order chi connectivity index (χ0) is 10.8. The first-order chi connectivity index (χ1) is 7.18. The number of guanidine groups is 1. The molecule has 0 saturated carbocycles. The second kappa shape index (κ2) is 3.49. The molecule has 0 radical (unpaired) electrons. The molecule has 2 aromatic carbocycles. The molecule has 76 valence electrons. The van der Waals surface area contributed by atoms with Gasteiger partial charge in [0.2, 0.25) is 0 Å². The van der Waals surface area contributed by atoms with E-state index in [-0.39, 0.29) is 11.7 Å². The molecule has 5 N–H and O–H groups in total. The second-order valence-corrected chi connectivity index (χ2v) is 3.19. The summed E-state index contributed by atoms with van der Waals surface area (Å²) in [6.45, 7) is 0. The van der Waals surface area contributed by atoms with Crippen molar-refractivity contribution < 1.29 is 5.11 Å². The largest absolute Gasteiger partial charge is 0.507 e. The molecular weight excluding hydrogens is 190 g/mol. The van der Waals surface area contributed by atoms with Crippen molar-refractivity contribution in [2.24, 2.45) is 16.5 Å². The normalized spacial score (nSPS) is 10.1. The van der Waals surface area contributed by atoms with Crippen molar-refractivity contribution in [1.82, 2.24) is 0 Å². The summed E-state index contributed by atoms with van der Waals surface area (Å²) in [6.07, 6.45) is 0. The molecule has 0 spiro atoms. The van der Waals surface area contributed by atoms with Crippen LogP contribution in [0.15, 0.2) is 41.4 Å². The van der Waals surface area contributed by atoms with E-state index >= 15 is 0 Å². The van der Waals surface area contributed by atoms with Gasteiger partial charge in [-0.2, -0.15) is 0 Å². The predicted molar refractivity (Wildman–Crippen MR) is 61.1 cm³/mol. The lowest BCUT2D eigenvalue weighted by Crippen LogP contribution is -2.21. The van der Waals surface area contributed by atoms with Gasteiger partial charge in [-0.25, -0.2) is 4.99 Å². The first-order valence-corrected chi connectivity index (χ1v) is 4.49. The Morgan fingerprint density at radius 2 is 1.67 bits per heavy atom. The number of aromatic hydroxyl groups is 1. The van der Waals surface area contributed by atoms with Gasteiger partial charge in [-0.15, -0.1) is 0 Å². The van der Waals surface area contributed by atoms with Crippen molar-refractivity contribution in [1.29, 1.82) is 0 Å². The Morgan fingerprint density at radius 3 is 2.33 bits per heavy atom. The highest BCUT2D eigenvalue weighted by atomic mass is 16.3. The van der Waals surface area contributed by atoms with Crippen molar-refractivity contribution in [3.63, 3.8) is 0 Å². The van der Waals surface area contributed by atoms with Crippen LogP contribution in [-0.2, 0) is 0 Å². The molecule has 0 aliphatic heterocycles. The maximum absolute atomic E-state index is 9.62. The van der Waals surface area contributed by atoms with E-state index in [1.807, 2.05) is 24.3 Å². The topological polar surface area (TPSA) is 84.6 Å². The zero-order valence-electron chi connectivity index (χ0n) is 8.01. The van der Waals surface area contributed by atoms with Crippen LogP contribution in [-0.4, -0.2) is 11.1 Å². The number of hydrogen-bond acceptors (Lipinski definition) is 2. The van der Waals surface area contributed by atoms with Crippen LogP contribution in [0, 0.1) is 0 Å². The Balaban J connectivity index is 2.77. The number of nitrogens with zero attached hydrogens (tertiary/aromatic N) is 1. The van der Waals surface area contributed by atoms with Crippen LogP contribution in [0.2, 0.25) is 0 Å². The average molecular weight is 201 g/mol. The fourth-order valence-electron chi connectivity index (χ4n) is 1.50. The highest BCUT2D eigenvalue weighted by molar-refractivity contribution is 5.98. The maximum Gasteiger partial charge on any atom is 0.191 e. The molecule has 0 aliphatic rings. The summed E-state index contributed by atoms with van der Waals surface area (Å²) >= 11 is 0. The van der Waals surface area contributed by atoms with Crippen LogP contribution in [0.3, 0.4) is 0 Å². The van der Waals surface area contributed by atoms with E-state index in [2.05, 4.69) is 4.99 Å². The molecule has 4 nitrogen and oxygen atoms in total. The molecule has 2 rings (SSSR count). The molecule has 15 heavy (non-hydrogen) atoms. The molecule has 0 bridgehead atoms. The lowest BCUT2D eigenvalue weighted by Gasteiger charge is -2.04. The van der Waals surface area contributed by atoms with E-state index in [1.54, 1.807) is 12.1 Å². The third-order valence-corrected chi connectivity index (χ3v) is 2.13. The van der Waals surface area contributed by atoms with E-state index in [9.17, 15) is 5.11 Å². The van der Waals surface area contributed by atoms with E-state index in [0.29, 0.717) is 5.69 Å². The van der Waals surface area contributed by atoms with Crippen LogP contribution in [0.1, 0.15) is 0 Å². The average Bonchev–Trinajstić information content (AvgIpc) is 2.22. The summed E-state index contributed by atoms with van der Waals surface area (Å²) in [5.74, 6) is 0.228. The molecule has 0 aliphatic carbocycles. The van der Waals surface area contributed by atoms with E-state index in [4.69, 9.17) is 11.5 Å². The molecule has 0 heterocycles.